The van der Waals surface area contributed by atoms with E-state index in [2.05, 4.69) is 5.32 Å². The van der Waals surface area contributed by atoms with E-state index in [0.29, 0.717) is 19.6 Å². The van der Waals surface area contributed by atoms with Crippen LogP contribution in [-0.2, 0) is 19.4 Å². The van der Waals surface area contributed by atoms with Gasteiger partial charge in [0.1, 0.15) is 0 Å². The summed E-state index contributed by atoms with van der Waals surface area (Å²) in [4.78, 5) is 11.6. The molecule has 0 aromatic carbocycles. The van der Waals surface area contributed by atoms with Gasteiger partial charge in [0.2, 0.25) is 5.91 Å². The third-order valence-corrected chi connectivity index (χ3v) is 4.50. The van der Waals surface area contributed by atoms with Gasteiger partial charge in [0, 0.05) is 13.7 Å². The lowest BCUT2D eigenvalue weighted by molar-refractivity contribution is -0.124. The highest BCUT2D eigenvalue weighted by Crippen LogP contribution is 2.18. The molecule has 1 aliphatic rings. The molecule has 1 amide bonds. The first-order valence-electron chi connectivity index (χ1n) is 5.06. The summed E-state index contributed by atoms with van der Waals surface area (Å²) in [6.07, 6.45) is 0.408. The van der Waals surface area contributed by atoms with E-state index < -0.39 is 15.8 Å². The number of carbonyl (C=O) groups is 1. The van der Waals surface area contributed by atoms with Crippen LogP contribution in [0.15, 0.2) is 0 Å². The molecule has 1 aliphatic heterocycles. The molecule has 7 heteroatoms. The topological polar surface area (TPSA) is 72.5 Å². The molecule has 16 heavy (non-hydrogen) atoms. The second-order valence-corrected chi connectivity index (χ2v) is 6.74. The number of nitrogens with one attached hydrogen (secondary N) is 1. The molecule has 94 valence electrons. The van der Waals surface area contributed by atoms with Gasteiger partial charge in [-0.05, 0) is 6.42 Å². The van der Waals surface area contributed by atoms with Crippen molar-refractivity contribution in [3.8, 4) is 0 Å². The van der Waals surface area contributed by atoms with Gasteiger partial charge in [0.15, 0.2) is 9.84 Å². The number of hydrogen-bond acceptors (Lipinski definition) is 4. The smallest absolute Gasteiger partial charge is 0.224 e. The van der Waals surface area contributed by atoms with Crippen LogP contribution in [0.2, 0.25) is 0 Å². The number of sulfone groups is 1. The van der Waals surface area contributed by atoms with Gasteiger partial charge in [-0.3, -0.25) is 4.79 Å². The number of alkyl halides is 1. The molecular weight excluding hydrogens is 254 g/mol. The minimum absolute atomic E-state index is 0.0456. The van der Waals surface area contributed by atoms with Crippen LogP contribution < -0.4 is 5.32 Å². The molecule has 0 aliphatic carbocycles. The van der Waals surface area contributed by atoms with Gasteiger partial charge in [-0.25, -0.2) is 8.42 Å². The van der Waals surface area contributed by atoms with E-state index in [1.165, 1.54) is 7.11 Å². The average molecular weight is 270 g/mol. The maximum Gasteiger partial charge on any atom is 0.224 e. The molecule has 0 bridgehead atoms. The normalized spacial score (nSPS) is 25.2. The van der Waals surface area contributed by atoms with Crippen molar-refractivity contribution in [3.63, 3.8) is 0 Å². The molecule has 0 aromatic heterocycles. The molecule has 0 spiro atoms. The van der Waals surface area contributed by atoms with Crippen LogP contribution in [-0.4, -0.2) is 51.5 Å². The number of hydrogen-bond donors (Lipinski definition) is 1. The molecule has 2 atom stereocenters. The Morgan fingerprint density at radius 3 is 2.81 bits per heavy atom. The first kappa shape index (κ1) is 13.7. The van der Waals surface area contributed by atoms with E-state index in [-0.39, 0.29) is 22.8 Å². The van der Waals surface area contributed by atoms with Gasteiger partial charge >= 0.3 is 0 Å². The SMILES string of the molecule is COCC(Cl)CNC(=O)C1CCS(=O)(=O)C1. The molecule has 1 rings (SSSR count). The molecule has 1 fully saturated rings. The Labute approximate surface area is 100 Å². The largest absolute Gasteiger partial charge is 0.383 e. The van der Waals surface area contributed by atoms with Gasteiger partial charge < -0.3 is 10.1 Å². The highest BCUT2D eigenvalue weighted by Gasteiger charge is 2.32. The van der Waals surface area contributed by atoms with E-state index in [1.807, 2.05) is 0 Å². The lowest BCUT2D eigenvalue weighted by atomic mass is 10.1. The maximum absolute atomic E-state index is 11.6. The van der Waals surface area contributed by atoms with Crippen LogP contribution in [0.25, 0.3) is 0 Å². The Morgan fingerprint density at radius 2 is 2.31 bits per heavy atom. The second kappa shape index (κ2) is 5.84. The lowest BCUT2D eigenvalue weighted by Gasteiger charge is -2.12. The Hall–Kier alpha value is -0.330. The van der Waals surface area contributed by atoms with Gasteiger partial charge in [0.25, 0.3) is 0 Å². The Kier molecular flexibility index (Phi) is 5.01. The summed E-state index contributed by atoms with van der Waals surface area (Å²) >= 11 is 5.83. The Morgan fingerprint density at radius 1 is 1.62 bits per heavy atom. The zero-order valence-corrected chi connectivity index (χ0v) is 10.7. The summed E-state index contributed by atoms with van der Waals surface area (Å²) in [7, 11) is -1.48. The molecule has 1 saturated heterocycles. The van der Waals surface area contributed by atoms with Crippen LogP contribution in [0.1, 0.15) is 6.42 Å². The molecule has 5 nitrogen and oxygen atoms in total. The zero-order valence-electron chi connectivity index (χ0n) is 9.11. The number of rotatable bonds is 5. The number of ether oxygens (including phenoxy) is 1. The Balaban J connectivity index is 2.31. The molecule has 0 radical (unpaired) electrons. The molecule has 1 heterocycles. The summed E-state index contributed by atoms with van der Waals surface area (Å²) in [6.45, 7) is 0.648. The number of methoxy groups -OCH3 is 1. The van der Waals surface area contributed by atoms with Crippen molar-refractivity contribution in [2.45, 2.75) is 11.8 Å². The average Bonchev–Trinajstić information content (AvgIpc) is 2.56. The molecule has 2 unspecified atom stereocenters. The molecule has 0 aromatic rings. The predicted molar refractivity (Wildman–Crippen MR) is 61.3 cm³/mol. The minimum atomic E-state index is -3.01. The fraction of sp³-hybridized carbons (Fsp3) is 0.889. The molecule has 0 saturated carbocycles. The van der Waals surface area contributed by atoms with Crippen LogP contribution in [0, 0.1) is 5.92 Å². The second-order valence-electron chi connectivity index (χ2n) is 3.90. The number of halogens is 1. The third-order valence-electron chi connectivity index (χ3n) is 2.45. The van der Waals surface area contributed by atoms with Crippen molar-refractivity contribution in [2.75, 3.05) is 31.8 Å². The van der Waals surface area contributed by atoms with Crippen molar-refractivity contribution in [3.05, 3.63) is 0 Å². The summed E-state index contributed by atoms with van der Waals surface area (Å²) in [6, 6.07) is 0. The first-order chi connectivity index (χ1) is 7.44. The number of carbonyl (C=O) groups excluding carboxylic acids is 1. The van der Waals surface area contributed by atoms with Gasteiger partial charge in [-0.15, -0.1) is 11.6 Å². The van der Waals surface area contributed by atoms with E-state index in [9.17, 15) is 13.2 Å². The standard InChI is InChI=1S/C9H16ClNO4S/c1-15-5-8(10)4-11-9(12)7-2-3-16(13,14)6-7/h7-8H,2-6H2,1H3,(H,11,12). The van der Waals surface area contributed by atoms with E-state index in [0.717, 1.165) is 0 Å². The summed E-state index contributed by atoms with van der Waals surface area (Å²) in [5, 5.41) is 2.35. The maximum atomic E-state index is 11.6. The van der Waals surface area contributed by atoms with E-state index in [1.54, 1.807) is 0 Å². The van der Waals surface area contributed by atoms with Crippen molar-refractivity contribution >= 4 is 27.3 Å². The summed E-state index contributed by atoms with van der Waals surface area (Å²) in [5.41, 5.74) is 0. The zero-order chi connectivity index (χ0) is 12.2. The van der Waals surface area contributed by atoms with Crippen LogP contribution in [0.3, 0.4) is 0 Å². The number of amides is 1. The van der Waals surface area contributed by atoms with Gasteiger partial charge in [-0.2, -0.15) is 0 Å². The van der Waals surface area contributed by atoms with E-state index >= 15 is 0 Å². The van der Waals surface area contributed by atoms with Crippen LogP contribution in [0.5, 0.6) is 0 Å². The summed E-state index contributed by atoms with van der Waals surface area (Å²) in [5.74, 6) is -0.594. The van der Waals surface area contributed by atoms with Crippen LogP contribution in [0.4, 0.5) is 0 Å². The third kappa shape index (κ3) is 4.27. The lowest BCUT2D eigenvalue weighted by Crippen LogP contribution is -2.36. The van der Waals surface area contributed by atoms with Crippen molar-refractivity contribution in [1.82, 2.24) is 5.32 Å². The highest BCUT2D eigenvalue weighted by molar-refractivity contribution is 7.91. The van der Waals surface area contributed by atoms with Crippen molar-refractivity contribution in [2.24, 2.45) is 5.92 Å². The van der Waals surface area contributed by atoms with Crippen LogP contribution >= 0.6 is 11.6 Å². The van der Waals surface area contributed by atoms with Crippen molar-refractivity contribution < 1.29 is 17.9 Å². The monoisotopic (exact) mass is 269 g/mol. The summed E-state index contributed by atoms with van der Waals surface area (Å²) < 4.78 is 27.1. The first-order valence-corrected chi connectivity index (χ1v) is 7.31. The fourth-order valence-electron chi connectivity index (χ4n) is 1.60. The minimum Gasteiger partial charge on any atom is -0.383 e. The Bertz CT molecular complexity index is 343. The van der Waals surface area contributed by atoms with Gasteiger partial charge in [-0.1, -0.05) is 0 Å². The van der Waals surface area contributed by atoms with Gasteiger partial charge in [0.05, 0.1) is 29.4 Å². The van der Waals surface area contributed by atoms with Crippen molar-refractivity contribution in [1.29, 1.82) is 0 Å². The highest BCUT2D eigenvalue weighted by atomic mass is 35.5. The fourth-order valence-corrected chi connectivity index (χ4v) is 3.54. The van der Waals surface area contributed by atoms with E-state index in [4.69, 9.17) is 16.3 Å². The molecule has 1 N–H and O–H groups in total. The quantitative estimate of drug-likeness (QED) is 0.701. The predicted octanol–water partition coefficient (Wildman–Crippen LogP) is -0.209. The molecular formula is C9H16ClNO4S.